The van der Waals surface area contributed by atoms with E-state index in [1.807, 2.05) is 4.90 Å². The topological polar surface area (TPSA) is 29.5 Å². The van der Waals surface area contributed by atoms with E-state index >= 15 is 0 Å². The Hall–Kier alpha value is -0.730. The van der Waals surface area contributed by atoms with Crippen molar-refractivity contribution in [3.63, 3.8) is 0 Å². The summed E-state index contributed by atoms with van der Waals surface area (Å²) in [6.07, 6.45) is 5.80. The molecule has 3 heteroatoms. The molecule has 1 saturated heterocycles. The third-order valence-electron chi connectivity index (χ3n) is 3.12. The van der Waals surface area contributed by atoms with Crippen molar-refractivity contribution in [3.8, 4) is 0 Å². The summed E-state index contributed by atoms with van der Waals surface area (Å²) in [6, 6.07) is 0.397. The lowest BCUT2D eigenvalue weighted by molar-refractivity contribution is 0.0286. The highest BCUT2D eigenvalue weighted by Crippen LogP contribution is 2.24. The van der Waals surface area contributed by atoms with Crippen molar-refractivity contribution in [1.29, 1.82) is 0 Å². The Morgan fingerprint density at radius 1 is 1.31 bits per heavy atom. The van der Waals surface area contributed by atoms with E-state index in [1.165, 1.54) is 12.8 Å². The Morgan fingerprint density at radius 3 is 2.46 bits per heavy atom. The predicted molar refractivity (Wildman–Crippen MR) is 49.5 cm³/mol. The lowest BCUT2D eigenvalue weighted by atomic mass is 10.1. The molecule has 2 fully saturated rings. The van der Waals surface area contributed by atoms with Crippen molar-refractivity contribution >= 4 is 6.09 Å². The number of likely N-dealkylation sites (tertiary alicyclic amines) is 1. The maximum atomic E-state index is 11.5. The minimum atomic E-state index is -0.0920. The molecular formula is C10H17NO2. The van der Waals surface area contributed by atoms with Gasteiger partial charge in [-0.1, -0.05) is 0 Å². The normalized spacial score (nSPS) is 28.7. The second kappa shape index (κ2) is 3.56. The molecule has 1 aliphatic carbocycles. The zero-order valence-corrected chi connectivity index (χ0v) is 8.16. The smallest absolute Gasteiger partial charge is 0.410 e. The van der Waals surface area contributed by atoms with Gasteiger partial charge < -0.3 is 9.64 Å². The van der Waals surface area contributed by atoms with Crippen LogP contribution in [-0.4, -0.2) is 29.7 Å². The van der Waals surface area contributed by atoms with Crippen LogP contribution in [0.5, 0.6) is 0 Å². The maximum absolute atomic E-state index is 11.5. The molecule has 1 heterocycles. The van der Waals surface area contributed by atoms with Crippen LogP contribution in [0.4, 0.5) is 4.79 Å². The van der Waals surface area contributed by atoms with Gasteiger partial charge in [0.05, 0.1) is 0 Å². The fourth-order valence-corrected chi connectivity index (χ4v) is 2.00. The van der Waals surface area contributed by atoms with E-state index in [4.69, 9.17) is 4.74 Å². The fourth-order valence-electron chi connectivity index (χ4n) is 2.00. The third kappa shape index (κ3) is 1.79. The predicted octanol–water partition coefficient (Wildman–Crippen LogP) is 2.16. The van der Waals surface area contributed by atoms with Crippen LogP contribution < -0.4 is 0 Å². The van der Waals surface area contributed by atoms with Crippen LogP contribution in [-0.2, 0) is 4.74 Å². The average molecular weight is 183 g/mol. The zero-order valence-electron chi connectivity index (χ0n) is 8.16. The number of nitrogens with zero attached hydrogens (tertiary/aromatic N) is 1. The minimum absolute atomic E-state index is 0.0920. The van der Waals surface area contributed by atoms with Crippen molar-refractivity contribution in [2.24, 2.45) is 0 Å². The van der Waals surface area contributed by atoms with Crippen LogP contribution in [0.3, 0.4) is 0 Å². The van der Waals surface area contributed by atoms with E-state index in [2.05, 4.69) is 6.92 Å². The van der Waals surface area contributed by atoms with Crippen LogP contribution in [0, 0.1) is 0 Å². The summed E-state index contributed by atoms with van der Waals surface area (Å²) in [4.78, 5) is 13.3. The molecule has 0 spiro atoms. The molecule has 2 aliphatic rings. The highest BCUT2D eigenvalue weighted by Gasteiger charge is 2.31. The lowest BCUT2D eigenvalue weighted by Gasteiger charge is -2.38. The molecule has 2 rings (SSSR count). The summed E-state index contributed by atoms with van der Waals surface area (Å²) in [5.41, 5.74) is 0. The first kappa shape index (κ1) is 8.85. The molecule has 0 unspecified atom stereocenters. The number of hydrogen-bond acceptors (Lipinski definition) is 2. The number of carbonyl (C=O) groups is 1. The molecule has 1 atom stereocenters. The van der Waals surface area contributed by atoms with Crippen LogP contribution in [0.1, 0.15) is 39.0 Å². The number of amides is 1. The summed E-state index contributed by atoms with van der Waals surface area (Å²) in [6.45, 7) is 2.95. The van der Waals surface area contributed by atoms with Gasteiger partial charge in [-0.15, -0.1) is 0 Å². The number of carbonyl (C=O) groups excluding carboxylic acids is 1. The molecule has 0 aromatic carbocycles. The molecule has 1 amide bonds. The standard InChI is InChI=1S/C10H17NO2/c1-8-6-7-11(8)10(12)13-9-4-2-3-5-9/h8-9H,2-7H2,1H3/t8-/m0/s1. The number of rotatable bonds is 1. The largest absolute Gasteiger partial charge is 0.446 e. The van der Waals surface area contributed by atoms with Gasteiger partial charge in [-0.05, 0) is 39.0 Å². The van der Waals surface area contributed by atoms with Crippen molar-refractivity contribution in [2.75, 3.05) is 6.54 Å². The minimum Gasteiger partial charge on any atom is -0.446 e. The molecular weight excluding hydrogens is 166 g/mol. The highest BCUT2D eigenvalue weighted by molar-refractivity contribution is 5.69. The third-order valence-corrected chi connectivity index (χ3v) is 3.12. The first-order valence-electron chi connectivity index (χ1n) is 5.24. The van der Waals surface area contributed by atoms with Crippen LogP contribution in [0.25, 0.3) is 0 Å². The molecule has 0 bridgehead atoms. The SMILES string of the molecule is C[C@H]1CCN1C(=O)OC1CCCC1. The molecule has 3 nitrogen and oxygen atoms in total. The van der Waals surface area contributed by atoms with Crippen LogP contribution in [0.2, 0.25) is 0 Å². The Balaban J connectivity index is 1.77. The molecule has 13 heavy (non-hydrogen) atoms. The van der Waals surface area contributed by atoms with Gasteiger partial charge in [0.1, 0.15) is 6.10 Å². The molecule has 0 radical (unpaired) electrons. The van der Waals surface area contributed by atoms with Crippen LogP contribution >= 0.6 is 0 Å². The highest BCUT2D eigenvalue weighted by atomic mass is 16.6. The number of hydrogen-bond donors (Lipinski definition) is 0. The fraction of sp³-hybridized carbons (Fsp3) is 0.900. The Morgan fingerprint density at radius 2 is 2.00 bits per heavy atom. The van der Waals surface area contributed by atoms with Crippen LogP contribution in [0.15, 0.2) is 0 Å². The molecule has 74 valence electrons. The van der Waals surface area contributed by atoms with E-state index < -0.39 is 0 Å². The second-order valence-electron chi connectivity index (χ2n) is 4.12. The molecule has 1 aliphatic heterocycles. The molecule has 0 aromatic heterocycles. The Bertz CT molecular complexity index is 199. The van der Waals surface area contributed by atoms with E-state index in [0.717, 1.165) is 25.8 Å². The Labute approximate surface area is 79.0 Å². The maximum Gasteiger partial charge on any atom is 0.410 e. The zero-order chi connectivity index (χ0) is 9.26. The first-order valence-corrected chi connectivity index (χ1v) is 5.24. The number of ether oxygens (including phenoxy) is 1. The van der Waals surface area contributed by atoms with E-state index in [0.29, 0.717) is 6.04 Å². The van der Waals surface area contributed by atoms with E-state index in [1.54, 1.807) is 0 Å². The summed E-state index contributed by atoms with van der Waals surface area (Å²) in [5, 5.41) is 0. The van der Waals surface area contributed by atoms with E-state index in [-0.39, 0.29) is 12.2 Å². The average Bonchev–Trinajstić information content (AvgIpc) is 2.54. The van der Waals surface area contributed by atoms with Gasteiger partial charge in [0.15, 0.2) is 0 Å². The monoisotopic (exact) mass is 183 g/mol. The van der Waals surface area contributed by atoms with Gasteiger partial charge in [-0.2, -0.15) is 0 Å². The lowest BCUT2D eigenvalue weighted by Crippen LogP contribution is -2.50. The molecule has 0 aromatic rings. The van der Waals surface area contributed by atoms with Gasteiger partial charge in [0.2, 0.25) is 0 Å². The van der Waals surface area contributed by atoms with E-state index in [9.17, 15) is 4.79 Å². The van der Waals surface area contributed by atoms with Gasteiger partial charge in [0, 0.05) is 12.6 Å². The second-order valence-corrected chi connectivity index (χ2v) is 4.12. The van der Waals surface area contributed by atoms with Crippen molar-refractivity contribution in [3.05, 3.63) is 0 Å². The van der Waals surface area contributed by atoms with Gasteiger partial charge >= 0.3 is 6.09 Å². The molecule has 1 saturated carbocycles. The Kier molecular flexibility index (Phi) is 2.42. The summed E-state index contributed by atoms with van der Waals surface area (Å²) in [7, 11) is 0. The summed E-state index contributed by atoms with van der Waals surface area (Å²) < 4.78 is 5.37. The van der Waals surface area contributed by atoms with Crippen molar-refractivity contribution in [1.82, 2.24) is 4.90 Å². The first-order chi connectivity index (χ1) is 6.27. The van der Waals surface area contributed by atoms with Gasteiger partial charge in [0.25, 0.3) is 0 Å². The van der Waals surface area contributed by atoms with Gasteiger partial charge in [-0.3, -0.25) is 0 Å². The molecule has 0 N–H and O–H groups in total. The summed E-state index contributed by atoms with van der Waals surface area (Å²) >= 11 is 0. The van der Waals surface area contributed by atoms with Gasteiger partial charge in [-0.25, -0.2) is 4.79 Å². The van der Waals surface area contributed by atoms with Crippen molar-refractivity contribution in [2.45, 2.75) is 51.2 Å². The van der Waals surface area contributed by atoms with Crippen molar-refractivity contribution < 1.29 is 9.53 Å². The summed E-state index contributed by atoms with van der Waals surface area (Å²) in [5.74, 6) is 0. The quantitative estimate of drug-likeness (QED) is 0.623.